The van der Waals surface area contributed by atoms with Crippen LogP contribution in [-0.2, 0) is 21.4 Å². The van der Waals surface area contributed by atoms with Crippen molar-refractivity contribution in [3.63, 3.8) is 0 Å². The molecule has 0 N–H and O–H groups in total. The fraction of sp³-hybridized carbons (Fsp3) is 0.706. The van der Waals surface area contributed by atoms with Crippen molar-refractivity contribution in [3.8, 4) is 0 Å². The van der Waals surface area contributed by atoms with Crippen LogP contribution in [0, 0.1) is 23.2 Å². The topological polar surface area (TPSA) is 67.7 Å². The molecule has 1 spiro atoms. The molecule has 1 saturated carbocycles. The van der Waals surface area contributed by atoms with Crippen LogP contribution in [-0.4, -0.2) is 59.3 Å². The fourth-order valence-corrected chi connectivity index (χ4v) is 4.89. The Morgan fingerprint density at radius 3 is 2.83 bits per heavy atom. The molecule has 1 aromatic rings. The molecule has 1 aromatic heterocycles. The Balaban J connectivity index is 1.28. The van der Waals surface area contributed by atoms with Crippen molar-refractivity contribution < 1.29 is 14.3 Å². The molecule has 3 saturated heterocycles. The monoisotopic (exact) mass is 330 g/mol. The summed E-state index contributed by atoms with van der Waals surface area (Å²) in [5.41, 5.74) is 0.779. The van der Waals surface area contributed by atoms with Gasteiger partial charge in [0.05, 0.1) is 25.1 Å². The molecule has 24 heavy (non-hydrogen) atoms. The number of likely N-dealkylation sites (tertiary alicyclic amines) is 1. The molecule has 4 heterocycles. The molecule has 4 aliphatic rings. The van der Waals surface area contributed by atoms with Crippen molar-refractivity contribution in [2.75, 3.05) is 37.7 Å². The number of fused-ring (bicyclic) bond motifs is 1. The summed E-state index contributed by atoms with van der Waals surface area (Å²) in [6, 6.07) is 0. The Bertz CT molecular complexity index is 706. The van der Waals surface area contributed by atoms with E-state index >= 15 is 0 Å². The second-order valence-corrected chi connectivity index (χ2v) is 7.93. The number of nitrogens with zero attached hydrogens (tertiary/aromatic N) is 4. The first-order valence-corrected chi connectivity index (χ1v) is 8.72. The lowest BCUT2D eigenvalue weighted by atomic mass is 9.86. The molecular weight excluding hydrogens is 308 g/mol. The van der Waals surface area contributed by atoms with Gasteiger partial charge in [-0.3, -0.25) is 14.3 Å². The van der Waals surface area contributed by atoms with Crippen molar-refractivity contribution >= 4 is 17.5 Å². The number of anilines is 1. The van der Waals surface area contributed by atoms with Crippen LogP contribution in [0.25, 0.3) is 0 Å². The molecule has 5 rings (SSSR count). The highest BCUT2D eigenvalue weighted by Gasteiger charge is 2.60. The minimum Gasteiger partial charge on any atom is -0.381 e. The van der Waals surface area contributed by atoms with Crippen molar-refractivity contribution in [1.82, 2.24) is 14.7 Å². The van der Waals surface area contributed by atoms with Gasteiger partial charge in [0.2, 0.25) is 11.8 Å². The molecule has 7 nitrogen and oxygen atoms in total. The number of aryl methyl sites for hydroxylation is 1. The third-order valence-electron chi connectivity index (χ3n) is 6.31. The third-order valence-corrected chi connectivity index (χ3v) is 6.31. The largest absolute Gasteiger partial charge is 0.381 e. The van der Waals surface area contributed by atoms with E-state index in [1.807, 2.05) is 23.0 Å². The van der Waals surface area contributed by atoms with Gasteiger partial charge in [0, 0.05) is 50.6 Å². The van der Waals surface area contributed by atoms with Gasteiger partial charge in [-0.25, -0.2) is 0 Å². The van der Waals surface area contributed by atoms with Gasteiger partial charge in [-0.05, 0) is 18.3 Å². The van der Waals surface area contributed by atoms with E-state index < -0.39 is 0 Å². The normalized spacial score (nSPS) is 37.5. The standard InChI is InChI=1S/C17H22N4O3/c1-19-6-11(5-18-19)21-10-17(4-14(21)22)2-3-20(9-17)16(23)15-12-7-24-8-13(12)15/h5-6,12-13,15H,2-4,7-10H2,1H3/t12-,13+,15?,17?. The Morgan fingerprint density at radius 1 is 1.33 bits per heavy atom. The van der Waals surface area contributed by atoms with Crippen molar-refractivity contribution in [1.29, 1.82) is 0 Å². The van der Waals surface area contributed by atoms with Crippen LogP contribution in [0.5, 0.6) is 0 Å². The molecule has 0 radical (unpaired) electrons. The van der Waals surface area contributed by atoms with Crippen LogP contribution < -0.4 is 4.90 Å². The molecular formula is C17H22N4O3. The van der Waals surface area contributed by atoms with Gasteiger partial charge in [-0.2, -0.15) is 5.10 Å². The van der Waals surface area contributed by atoms with Crippen LogP contribution in [0.2, 0.25) is 0 Å². The summed E-state index contributed by atoms with van der Waals surface area (Å²) in [4.78, 5) is 29.1. The fourth-order valence-electron chi connectivity index (χ4n) is 4.89. The lowest BCUT2D eigenvalue weighted by molar-refractivity contribution is -0.133. The first-order chi connectivity index (χ1) is 11.6. The van der Waals surface area contributed by atoms with Gasteiger partial charge in [-0.1, -0.05) is 0 Å². The van der Waals surface area contributed by atoms with E-state index in [0.717, 1.165) is 31.9 Å². The molecule has 128 valence electrons. The molecule has 7 heteroatoms. The molecule has 4 fully saturated rings. The van der Waals surface area contributed by atoms with Gasteiger partial charge in [0.1, 0.15) is 0 Å². The maximum atomic E-state index is 12.8. The number of hydrogen-bond acceptors (Lipinski definition) is 4. The van der Waals surface area contributed by atoms with E-state index in [9.17, 15) is 9.59 Å². The van der Waals surface area contributed by atoms with Gasteiger partial charge in [0.25, 0.3) is 0 Å². The summed E-state index contributed by atoms with van der Waals surface area (Å²) in [5, 5.41) is 4.16. The average Bonchev–Trinajstić information content (AvgIpc) is 3.07. The third kappa shape index (κ3) is 2.03. The lowest BCUT2D eigenvalue weighted by Crippen LogP contribution is -2.35. The average molecular weight is 330 g/mol. The van der Waals surface area contributed by atoms with Crippen molar-refractivity contribution in [2.45, 2.75) is 12.8 Å². The zero-order valence-corrected chi connectivity index (χ0v) is 13.9. The predicted molar refractivity (Wildman–Crippen MR) is 85.1 cm³/mol. The van der Waals surface area contributed by atoms with Gasteiger partial charge in [-0.15, -0.1) is 0 Å². The maximum absolute atomic E-state index is 12.8. The molecule has 1 aliphatic carbocycles. The van der Waals surface area contributed by atoms with Crippen LogP contribution in [0.4, 0.5) is 5.69 Å². The van der Waals surface area contributed by atoms with E-state index in [-0.39, 0.29) is 23.1 Å². The zero-order chi connectivity index (χ0) is 16.5. The number of carbonyl (C=O) groups excluding carboxylic acids is 2. The van der Waals surface area contributed by atoms with E-state index in [4.69, 9.17) is 4.74 Å². The van der Waals surface area contributed by atoms with Crippen LogP contribution in [0.1, 0.15) is 12.8 Å². The number of carbonyl (C=O) groups is 2. The summed E-state index contributed by atoms with van der Waals surface area (Å²) in [7, 11) is 1.85. The van der Waals surface area contributed by atoms with Crippen LogP contribution in [0.15, 0.2) is 12.4 Å². The second-order valence-electron chi connectivity index (χ2n) is 7.93. The molecule has 4 atom stereocenters. The smallest absolute Gasteiger partial charge is 0.227 e. The number of amides is 2. The summed E-state index contributed by atoms with van der Waals surface area (Å²) in [5.74, 6) is 1.52. The Morgan fingerprint density at radius 2 is 2.12 bits per heavy atom. The number of aromatic nitrogens is 2. The maximum Gasteiger partial charge on any atom is 0.227 e. The minimum absolute atomic E-state index is 0.0803. The van der Waals surface area contributed by atoms with E-state index in [0.29, 0.717) is 31.3 Å². The number of ether oxygens (including phenoxy) is 1. The van der Waals surface area contributed by atoms with E-state index in [2.05, 4.69) is 5.10 Å². The number of hydrogen-bond donors (Lipinski definition) is 0. The van der Waals surface area contributed by atoms with Crippen molar-refractivity contribution in [2.24, 2.45) is 30.2 Å². The molecule has 2 unspecified atom stereocenters. The SMILES string of the molecule is Cn1cc(N2CC3(CCN(C(=O)C4[C@H]5COC[C@@H]45)C3)CC2=O)cn1. The molecule has 2 amide bonds. The molecule has 0 bridgehead atoms. The quantitative estimate of drug-likeness (QED) is 0.780. The molecule has 3 aliphatic heterocycles. The minimum atomic E-state index is -0.0803. The first kappa shape index (κ1) is 14.5. The Hall–Kier alpha value is -1.89. The second kappa shape index (κ2) is 4.81. The Kier molecular flexibility index (Phi) is 2.90. The summed E-state index contributed by atoms with van der Waals surface area (Å²) in [6.07, 6.45) is 5.06. The van der Waals surface area contributed by atoms with Gasteiger partial charge in [0.15, 0.2) is 0 Å². The highest BCUT2D eigenvalue weighted by atomic mass is 16.5. The van der Waals surface area contributed by atoms with Crippen LogP contribution >= 0.6 is 0 Å². The van der Waals surface area contributed by atoms with E-state index in [1.54, 1.807) is 10.9 Å². The van der Waals surface area contributed by atoms with Crippen LogP contribution in [0.3, 0.4) is 0 Å². The van der Waals surface area contributed by atoms with Crippen molar-refractivity contribution in [3.05, 3.63) is 12.4 Å². The van der Waals surface area contributed by atoms with Gasteiger partial charge < -0.3 is 14.5 Å². The van der Waals surface area contributed by atoms with E-state index in [1.165, 1.54) is 0 Å². The zero-order valence-electron chi connectivity index (χ0n) is 13.9. The van der Waals surface area contributed by atoms with Gasteiger partial charge >= 0.3 is 0 Å². The number of rotatable bonds is 2. The predicted octanol–water partition coefficient (Wildman–Crippen LogP) is 0.268. The summed E-state index contributed by atoms with van der Waals surface area (Å²) in [6.45, 7) is 3.68. The molecule has 0 aromatic carbocycles. The highest BCUT2D eigenvalue weighted by molar-refractivity contribution is 5.96. The summed E-state index contributed by atoms with van der Waals surface area (Å²) < 4.78 is 7.11. The summed E-state index contributed by atoms with van der Waals surface area (Å²) >= 11 is 0. The Labute approximate surface area is 140 Å². The first-order valence-electron chi connectivity index (χ1n) is 8.72. The highest BCUT2D eigenvalue weighted by Crippen LogP contribution is 2.52. The lowest BCUT2D eigenvalue weighted by Gasteiger charge is -2.24.